The Morgan fingerprint density at radius 1 is 1.11 bits per heavy atom. The second-order valence-corrected chi connectivity index (χ2v) is 8.84. The Bertz CT molecular complexity index is 946. The zero-order valence-electron chi connectivity index (χ0n) is 15.4. The fraction of sp³-hybridized carbons (Fsp3) is 0.412. The van der Waals surface area contributed by atoms with Gasteiger partial charge in [0.25, 0.3) is 0 Å². The van der Waals surface area contributed by atoms with E-state index in [1.807, 2.05) is 36.9 Å². The number of nitrogens with zero attached hydrogens (tertiary/aromatic N) is 5. The van der Waals surface area contributed by atoms with Gasteiger partial charge in [0.15, 0.2) is 0 Å². The van der Waals surface area contributed by atoms with Crippen LogP contribution in [-0.2, 0) is 10.0 Å². The molecular weight excluding hydrogens is 393 g/mol. The van der Waals surface area contributed by atoms with Gasteiger partial charge >= 0.3 is 0 Å². The van der Waals surface area contributed by atoms with Gasteiger partial charge in [-0.1, -0.05) is 11.6 Å². The number of aryl methyl sites for hydroxylation is 1. The third kappa shape index (κ3) is 4.15. The number of hydrogen-bond donors (Lipinski definition) is 0. The van der Waals surface area contributed by atoms with Crippen molar-refractivity contribution < 1.29 is 12.8 Å². The third-order valence-corrected chi connectivity index (χ3v) is 6.54. The lowest BCUT2D eigenvalue weighted by Gasteiger charge is -2.35. The number of benzene rings is 1. The predicted octanol–water partition coefficient (Wildman–Crippen LogP) is 2.15. The van der Waals surface area contributed by atoms with Gasteiger partial charge in [0.2, 0.25) is 10.0 Å². The van der Waals surface area contributed by atoms with Gasteiger partial charge in [-0.05, 0) is 25.1 Å². The van der Waals surface area contributed by atoms with Crippen molar-refractivity contribution in [3.63, 3.8) is 0 Å². The van der Waals surface area contributed by atoms with Gasteiger partial charge in [0, 0.05) is 46.3 Å². The first-order chi connectivity index (χ1) is 12.7. The summed E-state index contributed by atoms with van der Waals surface area (Å²) in [5.41, 5.74) is 0. The topological polar surface area (TPSA) is 69.6 Å². The number of halogens is 2. The number of rotatable bonds is 4. The third-order valence-electron chi connectivity index (χ3n) is 4.36. The van der Waals surface area contributed by atoms with Gasteiger partial charge in [-0.2, -0.15) is 4.31 Å². The zero-order chi connectivity index (χ0) is 19.8. The van der Waals surface area contributed by atoms with Crippen molar-refractivity contribution in [1.29, 1.82) is 0 Å². The molecule has 1 aliphatic heterocycles. The van der Waals surface area contributed by atoms with Gasteiger partial charge in [0.1, 0.15) is 23.3 Å². The lowest BCUT2D eigenvalue weighted by atomic mass is 10.3. The molecule has 0 spiro atoms. The minimum absolute atomic E-state index is 0.00451. The molecule has 0 N–H and O–H groups in total. The largest absolute Gasteiger partial charge is 0.363 e. The minimum atomic E-state index is -3.72. The molecular formula is C17H21ClFN5O2S. The van der Waals surface area contributed by atoms with Crippen molar-refractivity contribution in [2.24, 2.45) is 0 Å². The molecule has 1 aromatic carbocycles. The first-order valence-corrected chi connectivity index (χ1v) is 10.2. The van der Waals surface area contributed by atoms with Crippen LogP contribution in [0.25, 0.3) is 0 Å². The van der Waals surface area contributed by atoms with Crippen LogP contribution in [0.5, 0.6) is 0 Å². The maximum Gasteiger partial charge on any atom is 0.243 e. The number of aromatic nitrogens is 2. The van der Waals surface area contributed by atoms with Gasteiger partial charge < -0.3 is 9.80 Å². The highest BCUT2D eigenvalue weighted by Gasteiger charge is 2.29. The van der Waals surface area contributed by atoms with Crippen LogP contribution in [0.4, 0.5) is 16.0 Å². The zero-order valence-corrected chi connectivity index (χ0v) is 16.9. The molecule has 0 saturated carbocycles. The van der Waals surface area contributed by atoms with Crippen LogP contribution in [-0.4, -0.2) is 63.0 Å². The lowest BCUT2D eigenvalue weighted by Crippen LogP contribution is -2.49. The van der Waals surface area contributed by atoms with E-state index in [1.165, 1.54) is 10.4 Å². The normalized spacial score (nSPS) is 15.8. The highest BCUT2D eigenvalue weighted by molar-refractivity contribution is 7.89. The van der Waals surface area contributed by atoms with E-state index in [4.69, 9.17) is 11.6 Å². The van der Waals surface area contributed by atoms with Gasteiger partial charge in [0.05, 0.1) is 9.92 Å². The summed E-state index contributed by atoms with van der Waals surface area (Å²) in [6.07, 6.45) is 0. The molecule has 0 unspecified atom stereocenters. The Balaban J connectivity index is 1.76. The summed E-state index contributed by atoms with van der Waals surface area (Å²) in [6, 6.07) is 5.34. The van der Waals surface area contributed by atoms with Crippen LogP contribution in [0, 0.1) is 12.7 Å². The molecule has 1 saturated heterocycles. The van der Waals surface area contributed by atoms with E-state index < -0.39 is 15.8 Å². The Labute approximate surface area is 163 Å². The van der Waals surface area contributed by atoms with Gasteiger partial charge in [-0.3, -0.25) is 0 Å². The van der Waals surface area contributed by atoms with E-state index in [0.717, 1.165) is 23.8 Å². The summed E-state index contributed by atoms with van der Waals surface area (Å²) in [5, 5.41) is -0.206. The molecule has 2 heterocycles. The first-order valence-electron chi connectivity index (χ1n) is 8.41. The van der Waals surface area contributed by atoms with Gasteiger partial charge in [-0.25, -0.2) is 22.8 Å². The van der Waals surface area contributed by atoms with Crippen LogP contribution in [0.15, 0.2) is 29.2 Å². The molecule has 0 amide bonds. The summed E-state index contributed by atoms with van der Waals surface area (Å²) in [7, 11) is 0.0912. The highest BCUT2D eigenvalue weighted by atomic mass is 35.5. The molecule has 7 nitrogen and oxygen atoms in total. The Hall–Kier alpha value is -1.97. The molecule has 146 valence electrons. The van der Waals surface area contributed by atoms with Crippen LogP contribution < -0.4 is 9.80 Å². The van der Waals surface area contributed by atoms with Crippen molar-refractivity contribution in [2.45, 2.75) is 11.8 Å². The molecule has 1 aliphatic rings. The predicted molar refractivity (Wildman–Crippen MR) is 103 cm³/mol. The Morgan fingerprint density at radius 2 is 1.78 bits per heavy atom. The van der Waals surface area contributed by atoms with Crippen LogP contribution >= 0.6 is 11.6 Å². The van der Waals surface area contributed by atoms with Crippen molar-refractivity contribution in [3.05, 3.63) is 40.9 Å². The molecule has 2 aromatic rings. The molecule has 1 fully saturated rings. The number of sulfonamides is 1. The quantitative estimate of drug-likeness (QED) is 0.765. The number of anilines is 2. The first kappa shape index (κ1) is 19.8. The summed E-state index contributed by atoms with van der Waals surface area (Å²) < 4.78 is 40.3. The molecule has 0 radical (unpaired) electrons. The fourth-order valence-corrected chi connectivity index (χ4v) is 4.57. The second kappa shape index (κ2) is 7.57. The lowest BCUT2D eigenvalue weighted by molar-refractivity contribution is 0.383. The second-order valence-electron chi connectivity index (χ2n) is 6.49. The van der Waals surface area contributed by atoms with Crippen molar-refractivity contribution >= 4 is 33.3 Å². The average Bonchev–Trinajstić information content (AvgIpc) is 2.63. The summed E-state index contributed by atoms with van der Waals surface area (Å²) >= 11 is 5.73. The molecule has 3 rings (SSSR count). The van der Waals surface area contributed by atoms with Crippen LogP contribution in [0.1, 0.15) is 5.82 Å². The van der Waals surface area contributed by atoms with Crippen LogP contribution in [0.3, 0.4) is 0 Å². The molecule has 10 heteroatoms. The minimum Gasteiger partial charge on any atom is -0.363 e. The van der Waals surface area contributed by atoms with E-state index in [9.17, 15) is 12.8 Å². The Kier molecular flexibility index (Phi) is 5.55. The standard InChI is InChI=1S/C17H21ClFN5O2S/c1-12-20-16(22(2)3)11-17(21-12)23-6-8-24(9-7-23)27(25,26)13-4-5-15(19)14(18)10-13/h4-5,10-11H,6-9H2,1-3H3. The van der Waals surface area contributed by atoms with E-state index in [0.29, 0.717) is 32.0 Å². The summed E-state index contributed by atoms with van der Waals surface area (Å²) in [6.45, 7) is 3.43. The van der Waals surface area contributed by atoms with E-state index in [2.05, 4.69) is 9.97 Å². The molecule has 1 aromatic heterocycles. The molecule has 0 atom stereocenters. The van der Waals surface area contributed by atoms with Crippen LogP contribution in [0.2, 0.25) is 5.02 Å². The van der Waals surface area contributed by atoms with Crippen molar-refractivity contribution in [2.75, 3.05) is 50.1 Å². The monoisotopic (exact) mass is 413 g/mol. The molecule has 0 aliphatic carbocycles. The summed E-state index contributed by atoms with van der Waals surface area (Å²) in [4.78, 5) is 12.8. The summed E-state index contributed by atoms with van der Waals surface area (Å²) in [5.74, 6) is 1.59. The smallest absolute Gasteiger partial charge is 0.243 e. The maximum atomic E-state index is 13.3. The van der Waals surface area contributed by atoms with E-state index in [1.54, 1.807) is 0 Å². The fourth-order valence-electron chi connectivity index (χ4n) is 2.87. The van der Waals surface area contributed by atoms with Gasteiger partial charge in [-0.15, -0.1) is 0 Å². The van der Waals surface area contributed by atoms with Crippen molar-refractivity contribution in [1.82, 2.24) is 14.3 Å². The number of hydrogen-bond acceptors (Lipinski definition) is 6. The SMILES string of the molecule is Cc1nc(N(C)C)cc(N2CCN(S(=O)(=O)c3ccc(F)c(Cl)c3)CC2)n1. The van der Waals surface area contributed by atoms with E-state index >= 15 is 0 Å². The molecule has 0 bridgehead atoms. The maximum absolute atomic E-state index is 13.3. The Morgan fingerprint density at radius 3 is 2.37 bits per heavy atom. The van der Waals surface area contributed by atoms with E-state index in [-0.39, 0.29) is 9.92 Å². The van der Waals surface area contributed by atoms with Crippen molar-refractivity contribution in [3.8, 4) is 0 Å². The highest BCUT2D eigenvalue weighted by Crippen LogP contribution is 2.25. The average molecular weight is 414 g/mol. The number of piperazine rings is 1. The molecule has 27 heavy (non-hydrogen) atoms.